The van der Waals surface area contributed by atoms with Gasteiger partial charge in [0.2, 0.25) is 0 Å². The zero-order chi connectivity index (χ0) is 13.1. The average molecular weight is 329 g/mol. The third-order valence-corrected chi connectivity index (χ3v) is 3.72. The molecule has 0 unspecified atom stereocenters. The molecule has 0 spiro atoms. The summed E-state index contributed by atoms with van der Waals surface area (Å²) in [6, 6.07) is 7.00. The van der Waals surface area contributed by atoms with E-state index in [-0.39, 0.29) is 5.69 Å². The van der Waals surface area contributed by atoms with E-state index < -0.39 is 5.97 Å². The molecule has 2 rings (SSSR count). The third-order valence-electron chi connectivity index (χ3n) is 2.12. The molecule has 0 radical (unpaired) electrons. The number of carboxylic acids is 1. The average Bonchev–Trinajstić information content (AvgIpc) is 2.76. The monoisotopic (exact) mass is 328 g/mol. The molecule has 94 valence electrons. The topological polar surface area (TPSA) is 89.4 Å². The van der Waals surface area contributed by atoms with Crippen molar-refractivity contribution in [3.8, 4) is 0 Å². The largest absolute Gasteiger partial charge is 0.476 e. The van der Waals surface area contributed by atoms with Crippen LogP contribution in [0.2, 0.25) is 0 Å². The lowest BCUT2D eigenvalue weighted by Gasteiger charge is -2.03. The molecule has 0 atom stereocenters. The number of aromatic nitrogens is 1. The van der Waals surface area contributed by atoms with Gasteiger partial charge in [-0.3, -0.25) is 0 Å². The maximum absolute atomic E-state index is 10.6. The Labute approximate surface area is 115 Å². The zero-order valence-corrected chi connectivity index (χ0v) is 11.5. The SMILES string of the molecule is Nc1cc(Br)ccc1SCc1cc(C(=O)O)no1. The summed E-state index contributed by atoms with van der Waals surface area (Å²) in [6.07, 6.45) is 0. The Balaban J connectivity index is 2.04. The molecule has 0 fully saturated rings. The Morgan fingerprint density at radius 3 is 2.89 bits per heavy atom. The Bertz CT molecular complexity index is 585. The van der Waals surface area contributed by atoms with Gasteiger partial charge in [-0.2, -0.15) is 0 Å². The molecular weight excluding hydrogens is 320 g/mol. The summed E-state index contributed by atoms with van der Waals surface area (Å²) in [5.41, 5.74) is 6.42. The standard InChI is InChI=1S/C11H9BrN2O3S/c12-6-1-2-10(8(13)3-6)18-5-7-4-9(11(15)16)14-17-7/h1-4H,5,13H2,(H,15,16). The van der Waals surface area contributed by atoms with E-state index in [1.807, 2.05) is 18.2 Å². The van der Waals surface area contributed by atoms with Gasteiger partial charge in [-0.25, -0.2) is 4.79 Å². The van der Waals surface area contributed by atoms with Crippen LogP contribution in [-0.4, -0.2) is 16.2 Å². The second kappa shape index (κ2) is 5.45. The molecule has 0 saturated heterocycles. The van der Waals surface area contributed by atoms with Gasteiger partial charge < -0.3 is 15.4 Å². The van der Waals surface area contributed by atoms with E-state index in [0.717, 1.165) is 9.37 Å². The lowest BCUT2D eigenvalue weighted by molar-refractivity contribution is 0.0685. The predicted octanol–water partition coefficient (Wildman–Crippen LogP) is 3.01. The third kappa shape index (κ3) is 3.05. The number of carboxylic acid groups (broad SMARTS) is 1. The molecule has 7 heteroatoms. The van der Waals surface area contributed by atoms with Crippen molar-refractivity contribution in [2.45, 2.75) is 10.6 Å². The molecule has 5 nitrogen and oxygen atoms in total. The minimum atomic E-state index is -1.10. The van der Waals surface area contributed by atoms with Gasteiger partial charge in [0.05, 0.1) is 5.75 Å². The number of thioether (sulfide) groups is 1. The molecule has 18 heavy (non-hydrogen) atoms. The van der Waals surface area contributed by atoms with Gasteiger partial charge in [0, 0.05) is 21.1 Å². The summed E-state index contributed by atoms with van der Waals surface area (Å²) >= 11 is 4.79. The molecule has 3 N–H and O–H groups in total. The van der Waals surface area contributed by atoms with Crippen molar-refractivity contribution in [1.29, 1.82) is 0 Å². The second-order valence-electron chi connectivity index (χ2n) is 3.45. The predicted molar refractivity (Wildman–Crippen MR) is 71.6 cm³/mol. The molecular formula is C11H9BrN2O3S. The highest BCUT2D eigenvalue weighted by Gasteiger charge is 2.11. The zero-order valence-electron chi connectivity index (χ0n) is 9.09. The highest BCUT2D eigenvalue weighted by atomic mass is 79.9. The number of anilines is 1. The summed E-state index contributed by atoms with van der Waals surface area (Å²) in [6.45, 7) is 0. The van der Waals surface area contributed by atoms with E-state index in [2.05, 4.69) is 21.1 Å². The Morgan fingerprint density at radius 1 is 1.50 bits per heavy atom. The molecule has 0 saturated carbocycles. The number of rotatable bonds is 4. The normalized spacial score (nSPS) is 10.5. The highest BCUT2D eigenvalue weighted by Crippen LogP contribution is 2.30. The number of nitrogens with two attached hydrogens (primary N) is 1. The number of carbonyl (C=O) groups is 1. The maximum Gasteiger partial charge on any atom is 0.358 e. The molecule has 0 bridgehead atoms. The van der Waals surface area contributed by atoms with Crippen molar-refractivity contribution in [3.63, 3.8) is 0 Å². The van der Waals surface area contributed by atoms with Crippen molar-refractivity contribution in [2.24, 2.45) is 0 Å². The van der Waals surface area contributed by atoms with E-state index in [4.69, 9.17) is 15.4 Å². The number of hydrogen-bond acceptors (Lipinski definition) is 5. The highest BCUT2D eigenvalue weighted by molar-refractivity contribution is 9.10. The second-order valence-corrected chi connectivity index (χ2v) is 5.39. The molecule has 0 aliphatic heterocycles. The maximum atomic E-state index is 10.6. The molecule has 0 aliphatic rings. The first-order valence-corrected chi connectivity index (χ1v) is 6.71. The summed E-state index contributed by atoms with van der Waals surface area (Å²) in [7, 11) is 0. The van der Waals surface area contributed by atoms with Crippen LogP contribution >= 0.6 is 27.7 Å². The molecule has 1 heterocycles. The summed E-state index contributed by atoms with van der Waals surface area (Å²) in [4.78, 5) is 11.5. The first-order chi connectivity index (χ1) is 8.56. The quantitative estimate of drug-likeness (QED) is 0.662. The number of nitrogens with zero attached hydrogens (tertiary/aromatic N) is 1. The molecule has 2 aromatic rings. The summed E-state index contributed by atoms with van der Waals surface area (Å²) in [5.74, 6) is -0.121. The fraction of sp³-hybridized carbons (Fsp3) is 0.0909. The first kappa shape index (κ1) is 13.0. The number of aromatic carboxylic acids is 1. The van der Waals surface area contributed by atoms with E-state index in [1.165, 1.54) is 17.8 Å². The van der Waals surface area contributed by atoms with Crippen LogP contribution in [0, 0.1) is 0 Å². The van der Waals surface area contributed by atoms with Crippen LogP contribution in [-0.2, 0) is 5.75 Å². The molecule has 0 aliphatic carbocycles. The number of halogens is 1. The van der Waals surface area contributed by atoms with E-state index in [9.17, 15) is 4.79 Å². The van der Waals surface area contributed by atoms with Crippen molar-refractivity contribution in [1.82, 2.24) is 5.16 Å². The van der Waals surface area contributed by atoms with Crippen molar-refractivity contribution >= 4 is 39.3 Å². The Hall–Kier alpha value is -1.47. The van der Waals surface area contributed by atoms with E-state index >= 15 is 0 Å². The first-order valence-electron chi connectivity index (χ1n) is 4.93. The summed E-state index contributed by atoms with van der Waals surface area (Å²) in [5, 5.41) is 12.1. The van der Waals surface area contributed by atoms with Crippen LogP contribution in [0.5, 0.6) is 0 Å². The van der Waals surface area contributed by atoms with E-state index in [0.29, 0.717) is 17.2 Å². The number of nitrogen functional groups attached to an aromatic ring is 1. The van der Waals surface area contributed by atoms with Gasteiger partial charge >= 0.3 is 5.97 Å². The minimum absolute atomic E-state index is 0.0885. The van der Waals surface area contributed by atoms with Gasteiger partial charge in [0.25, 0.3) is 0 Å². The number of benzene rings is 1. The van der Waals surface area contributed by atoms with Gasteiger partial charge in [0.15, 0.2) is 5.69 Å². The molecule has 1 aromatic carbocycles. The van der Waals surface area contributed by atoms with Gasteiger partial charge in [-0.15, -0.1) is 11.8 Å². The smallest absolute Gasteiger partial charge is 0.358 e. The van der Waals surface area contributed by atoms with Gasteiger partial charge in [0.1, 0.15) is 5.76 Å². The van der Waals surface area contributed by atoms with Crippen molar-refractivity contribution in [2.75, 3.05) is 5.73 Å². The molecule has 1 aromatic heterocycles. The van der Waals surface area contributed by atoms with Gasteiger partial charge in [-0.05, 0) is 18.2 Å². The Morgan fingerprint density at radius 2 is 2.28 bits per heavy atom. The van der Waals surface area contributed by atoms with Crippen LogP contribution < -0.4 is 5.73 Å². The number of hydrogen-bond donors (Lipinski definition) is 2. The minimum Gasteiger partial charge on any atom is -0.476 e. The van der Waals surface area contributed by atoms with Crippen molar-refractivity contribution < 1.29 is 14.4 Å². The van der Waals surface area contributed by atoms with Crippen LogP contribution in [0.25, 0.3) is 0 Å². The lowest BCUT2D eigenvalue weighted by atomic mass is 10.3. The molecule has 0 amide bonds. The Kier molecular flexibility index (Phi) is 3.93. The fourth-order valence-electron chi connectivity index (χ4n) is 1.28. The van der Waals surface area contributed by atoms with Crippen LogP contribution in [0.4, 0.5) is 5.69 Å². The van der Waals surface area contributed by atoms with Gasteiger partial charge in [-0.1, -0.05) is 21.1 Å². The van der Waals surface area contributed by atoms with Crippen LogP contribution in [0.1, 0.15) is 16.2 Å². The summed E-state index contributed by atoms with van der Waals surface area (Å²) < 4.78 is 5.82. The van der Waals surface area contributed by atoms with Crippen LogP contribution in [0.3, 0.4) is 0 Å². The van der Waals surface area contributed by atoms with Crippen LogP contribution in [0.15, 0.2) is 38.2 Å². The van der Waals surface area contributed by atoms with Crippen molar-refractivity contribution in [3.05, 3.63) is 40.2 Å². The van der Waals surface area contributed by atoms with E-state index in [1.54, 1.807) is 0 Å². The lowest BCUT2D eigenvalue weighted by Crippen LogP contribution is -1.94. The fourth-order valence-corrected chi connectivity index (χ4v) is 2.48.